The summed E-state index contributed by atoms with van der Waals surface area (Å²) in [5.41, 5.74) is 2.47. The molecule has 6 nitrogen and oxygen atoms in total. The van der Waals surface area contributed by atoms with Gasteiger partial charge >= 0.3 is 0 Å². The number of nitrogens with one attached hydrogen (secondary N) is 2. The summed E-state index contributed by atoms with van der Waals surface area (Å²) >= 11 is 0. The van der Waals surface area contributed by atoms with E-state index in [1.807, 2.05) is 103 Å². The lowest BCUT2D eigenvalue weighted by molar-refractivity contribution is -0.127. The van der Waals surface area contributed by atoms with E-state index in [4.69, 9.17) is 9.47 Å². The predicted octanol–water partition coefficient (Wildman–Crippen LogP) is 6.51. The second kappa shape index (κ2) is 13.2. The topological polar surface area (TPSA) is 76.7 Å². The first-order valence-corrected chi connectivity index (χ1v) is 13.2. The molecule has 1 unspecified atom stereocenters. The third-order valence-corrected chi connectivity index (χ3v) is 6.38. The summed E-state index contributed by atoms with van der Waals surface area (Å²) in [7, 11) is 0. The molecule has 2 amide bonds. The molecule has 0 aliphatic carbocycles. The number of rotatable bonds is 11. The lowest BCUT2D eigenvalue weighted by Crippen LogP contribution is -2.47. The molecule has 2 N–H and O–H groups in total. The van der Waals surface area contributed by atoms with Crippen molar-refractivity contribution < 1.29 is 19.1 Å². The van der Waals surface area contributed by atoms with Gasteiger partial charge in [0.1, 0.15) is 17.5 Å². The van der Waals surface area contributed by atoms with E-state index in [1.165, 1.54) is 0 Å². The first-order chi connectivity index (χ1) is 19.6. The van der Waals surface area contributed by atoms with Gasteiger partial charge in [0, 0.05) is 5.69 Å². The van der Waals surface area contributed by atoms with Crippen molar-refractivity contribution >= 4 is 28.3 Å². The third-order valence-electron chi connectivity index (χ3n) is 6.38. The van der Waals surface area contributed by atoms with Crippen molar-refractivity contribution in [3.63, 3.8) is 0 Å². The maximum atomic E-state index is 13.3. The minimum atomic E-state index is -0.883. The van der Waals surface area contributed by atoms with Gasteiger partial charge in [-0.2, -0.15) is 0 Å². The first-order valence-electron chi connectivity index (χ1n) is 13.2. The Morgan fingerprint density at radius 1 is 0.675 bits per heavy atom. The van der Waals surface area contributed by atoms with Crippen LogP contribution in [0.5, 0.6) is 11.5 Å². The van der Waals surface area contributed by atoms with E-state index in [2.05, 4.69) is 10.6 Å². The van der Waals surface area contributed by atoms with Crippen LogP contribution in [0.15, 0.2) is 127 Å². The molecule has 0 saturated heterocycles. The fourth-order valence-corrected chi connectivity index (χ4v) is 4.38. The van der Waals surface area contributed by atoms with E-state index in [9.17, 15) is 9.59 Å². The van der Waals surface area contributed by atoms with Crippen molar-refractivity contribution in [2.45, 2.75) is 19.1 Å². The number of amides is 2. The Morgan fingerprint density at radius 3 is 2.10 bits per heavy atom. The summed E-state index contributed by atoms with van der Waals surface area (Å²) in [6, 6.07) is 39.2. The van der Waals surface area contributed by atoms with Gasteiger partial charge in [0.15, 0.2) is 0 Å². The van der Waals surface area contributed by atoms with Crippen LogP contribution < -0.4 is 15.4 Å². The molecule has 0 aliphatic heterocycles. The molecular weight excluding hydrogens is 500 g/mol. The quantitative estimate of drug-likeness (QED) is 0.204. The largest absolute Gasteiger partial charge is 0.457 e. The highest BCUT2D eigenvalue weighted by Crippen LogP contribution is 2.23. The van der Waals surface area contributed by atoms with Crippen LogP contribution in [-0.2, 0) is 27.4 Å². The molecule has 40 heavy (non-hydrogen) atoms. The Hall–Kier alpha value is -4.94. The third kappa shape index (κ3) is 7.34. The zero-order valence-corrected chi connectivity index (χ0v) is 22.0. The Labute approximate surface area is 233 Å². The average Bonchev–Trinajstić information content (AvgIpc) is 2.99. The molecule has 0 aliphatic rings. The molecule has 0 heterocycles. The van der Waals surface area contributed by atoms with Crippen LogP contribution in [0, 0.1) is 0 Å². The Bertz CT molecular complexity index is 1550. The van der Waals surface area contributed by atoms with Crippen molar-refractivity contribution in [1.29, 1.82) is 0 Å². The number of hydrogen-bond acceptors (Lipinski definition) is 4. The van der Waals surface area contributed by atoms with Gasteiger partial charge in [-0.25, -0.2) is 0 Å². The number of benzene rings is 5. The summed E-state index contributed by atoms with van der Waals surface area (Å²) in [6.45, 7) is 0.354. The van der Waals surface area contributed by atoms with Crippen LogP contribution in [-0.4, -0.2) is 24.5 Å². The van der Waals surface area contributed by atoms with Crippen LogP contribution >= 0.6 is 0 Å². The Kier molecular flexibility index (Phi) is 8.81. The number of para-hydroxylation sites is 1. The lowest BCUT2D eigenvalue weighted by Gasteiger charge is -2.19. The van der Waals surface area contributed by atoms with E-state index in [0.29, 0.717) is 18.0 Å². The van der Waals surface area contributed by atoms with Crippen LogP contribution in [0.1, 0.15) is 11.1 Å². The van der Waals surface area contributed by atoms with Crippen LogP contribution in [0.3, 0.4) is 0 Å². The standard InChI is InChI=1S/C34H30N2O4/c37-33(22-27-14-9-13-26-12-7-8-17-31(26)27)36-32(24-39-23-25-10-3-1-4-11-25)34(38)35-28-18-20-30(21-19-28)40-29-15-5-2-6-16-29/h1-21,32H,22-24H2,(H,35,38)(H,36,37). The molecule has 0 saturated carbocycles. The molecule has 5 aromatic carbocycles. The smallest absolute Gasteiger partial charge is 0.249 e. The van der Waals surface area contributed by atoms with Crippen LogP contribution in [0.2, 0.25) is 0 Å². The summed E-state index contributed by atoms with van der Waals surface area (Å²) in [5, 5.41) is 7.85. The molecule has 6 heteroatoms. The number of carbonyl (C=O) groups is 2. The van der Waals surface area contributed by atoms with Crippen molar-refractivity contribution in [2.24, 2.45) is 0 Å². The van der Waals surface area contributed by atoms with Gasteiger partial charge in [-0.15, -0.1) is 0 Å². The van der Waals surface area contributed by atoms with E-state index < -0.39 is 6.04 Å². The molecule has 0 radical (unpaired) electrons. The summed E-state index contributed by atoms with van der Waals surface area (Å²) in [6.07, 6.45) is 0.148. The number of hydrogen-bond donors (Lipinski definition) is 2. The molecule has 0 fully saturated rings. The van der Waals surface area contributed by atoms with Gasteiger partial charge in [0.05, 0.1) is 19.6 Å². The van der Waals surface area contributed by atoms with E-state index in [1.54, 1.807) is 24.3 Å². The molecular formula is C34H30N2O4. The van der Waals surface area contributed by atoms with Crippen LogP contribution in [0.4, 0.5) is 5.69 Å². The molecule has 200 valence electrons. The van der Waals surface area contributed by atoms with Crippen molar-refractivity contribution in [1.82, 2.24) is 5.32 Å². The normalized spacial score (nSPS) is 11.5. The highest BCUT2D eigenvalue weighted by molar-refractivity contribution is 5.98. The molecule has 0 bridgehead atoms. The number of carbonyl (C=O) groups excluding carboxylic acids is 2. The summed E-state index contributed by atoms with van der Waals surface area (Å²) in [5.74, 6) is 0.752. The van der Waals surface area contributed by atoms with Gasteiger partial charge in [-0.1, -0.05) is 91.0 Å². The fourth-order valence-electron chi connectivity index (χ4n) is 4.38. The first kappa shape index (κ1) is 26.7. The summed E-state index contributed by atoms with van der Waals surface area (Å²) in [4.78, 5) is 26.4. The molecule has 5 aromatic rings. The zero-order chi connectivity index (χ0) is 27.6. The van der Waals surface area contributed by atoms with E-state index in [-0.39, 0.29) is 24.8 Å². The van der Waals surface area contributed by atoms with Gasteiger partial charge in [0.25, 0.3) is 0 Å². The van der Waals surface area contributed by atoms with Crippen LogP contribution in [0.25, 0.3) is 10.8 Å². The molecule has 0 aromatic heterocycles. The minimum absolute atomic E-state index is 0.0250. The molecule has 5 rings (SSSR count). The Balaban J connectivity index is 1.25. The monoisotopic (exact) mass is 530 g/mol. The highest BCUT2D eigenvalue weighted by atomic mass is 16.5. The number of fused-ring (bicyclic) bond motifs is 1. The second-order valence-corrected chi connectivity index (χ2v) is 9.36. The van der Waals surface area contributed by atoms with Crippen molar-refractivity contribution in [3.8, 4) is 11.5 Å². The SMILES string of the molecule is O=C(Cc1cccc2ccccc12)NC(COCc1ccccc1)C(=O)Nc1ccc(Oc2ccccc2)cc1. The fraction of sp³-hybridized carbons (Fsp3) is 0.118. The van der Waals surface area contributed by atoms with Gasteiger partial charge in [-0.3, -0.25) is 9.59 Å². The predicted molar refractivity (Wildman–Crippen MR) is 157 cm³/mol. The lowest BCUT2D eigenvalue weighted by atomic mass is 10.0. The minimum Gasteiger partial charge on any atom is -0.457 e. The molecule has 0 spiro atoms. The number of ether oxygens (including phenoxy) is 2. The van der Waals surface area contributed by atoms with Gasteiger partial charge in [0.2, 0.25) is 11.8 Å². The number of anilines is 1. The zero-order valence-electron chi connectivity index (χ0n) is 22.0. The maximum absolute atomic E-state index is 13.3. The van der Waals surface area contributed by atoms with Gasteiger partial charge in [-0.05, 0) is 58.3 Å². The summed E-state index contributed by atoms with van der Waals surface area (Å²) < 4.78 is 11.7. The molecule has 1 atom stereocenters. The van der Waals surface area contributed by atoms with Crippen molar-refractivity contribution in [2.75, 3.05) is 11.9 Å². The van der Waals surface area contributed by atoms with Crippen molar-refractivity contribution in [3.05, 3.63) is 139 Å². The van der Waals surface area contributed by atoms with Gasteiger partial charge < -0.3 is 20.1 Å². The highest BCUT2D eigenvalue weighted by Gasteiger charge is 2.22. The Morgan fingerprint density at radius 2 is 1.32 bits per heavy atom. The maximum Gasteiger partial charge on any atom is 0.249 e. The van der Waals surface area contributed by atoms with E-state index >= 15 is 0 Å². The second-order valence-electron chi connectivity index (χ2n) is 9.36. The average molecular weight is 531 g/mol. The van der Waals surface area contributed by atoms with E-state index in [0.717, 1.165) is 27.6 Å².